The highest BCUT2D eigenvalue weighted by atomic mass is 79.9. The van der Waals surface area contributed by atoms with Crippen molar-refractivity contribution in [2.24, 2.45) is 0 Å². The Bertz CT molecular complexity index is 763. The van der Waals surface area contributed by atoms with Crippen LogP contribution in [0.15, 0.2) is 43.7 Å². The van der Waals surface area contributed by atoms with Gasteiger partial charge in [0.15, 0.2) is 0 Å². The van der Waals surface area contributed by atoms with Gasteiger partial charge in [0.1, 0.15) is 11.3 Å². The minimum Gasteiger partial charge on any atom is -0.506 e. The van der Waals surface area contributed by atoms with Crippen molar-refractivity contribution in [3.63, 3.8) is 0 Å². The van der Waals surface area contributed by atoms with Crippen molar-refractivity contribution >= 4 is 65.4 Å². The molecule has 2 rings (SSSR count). The molecule has 0 unspecified atom stereocenters. The predicted octanol–water partition coefficient (Wildman–Crippen LogP) is 4.63. The molecule has 0 fully saturated rings. The van der Waals surface area contributed by atoms with Crippen LogP contribution in [0, 0.1) is 0 Å². The maximum Gasteiger partial charge on any atom is 0.340 e. The first-order valence-electron chi connectivity index (χ1n) is 5.83. The second-order valence-electron chi connectivity index (χ2n) is 4.17. The molecule has 0 aliphatic carbocycles. The molecule has 8 heteroatoms. The molecule has 2 aromatic rings. The number of carbonyl (C=O) groups excluding carboxylic acids is 1. The van der Waals surface area contributed by atoms with Crippen molar-refractivity contribution in [3.8, 4) is 5.75 Å². The molecule has 22 heavy (non-hydrogen) atoms. The minimum atomic E-state index is -1.36. The van der Waals surface area contributed by atoms with Crippen LogP contribution < -0.4 is 5.32 Å². The first-order valence-corrected chi connectivity index (χ1v) is 8.21. The van der Waals surface area contributed by atoms with Gasteiger partial charge in [-0.2, -0.15) is 0 Å². The van der Waals surface area contributed by atoms with E-state index in [0.29, 0.717) is 10.2 Å². The number of carbonyl (C=O) groups is 2. The largest absolute Gasteiger partial charge is 0.506 e. The third-order valence-electron chi connectivity index (χ3n) is 2.77. The van der Waals surface area contributed by atoms with Crippen LogP contribution in [0.2, 0.25) is 0 Å². The Morgan fingerprint density at radius 1 is 0.909 bits per heavy atom. The molecule has 114 valence electrons. The van der Waals surface area contributed by atoms with Gasteiger partial charge in [-0.15, -0.1) is 0 Å². The number of hydrogen-bond acceptors (Lipinski definition) is 3. The predicted molar refractivity (Wildman–Crippen MR) is 92.6 cm³/mol. The third kappa shape index (κ3) is 3.18. The van der Waals surface area contributed by atoms with Crippen LogP contribution in [0.25, 0.3) is 0 Å². The maximum absolute atomic E-state index is 12.4. The third-order valence-corrected chi connectivity index (χ3v) is 6.21. The molecule has 5 nitrogen and oxygen atoms in total. The maximum atomic E-state index is 12.4. The number of aromatic carboxylic acids is 1. The number of amides is 1. The number of carboxylic acid groups (broad SMARTS) is 1. The average Bonchev–Trinajstić information content (AvgIpc) is 2.46. The van der Waals surface area contributed by atoms with E-state index in [4.69, 9.17) is 0 Å². The van der Waals surface area contributed by atoms with E-state index in [-0.39, 0.29) is 14.5 Å². The lowest BCUT2D eigenvalue weighted by Crippen LogP contribution is -2.15. The minimum absolute atomic E-state index is 0.139. The first-order chi connectivity index (χ1) is 10.3. The molecule has 0 atom stereocenters. The number of aromatic hydroxyl groups is 1. The summed E-state index contributed by atoms with van der Waals surface area (Å²) < 4.78 is 0.705. The van der Waals surface area contributed by atoms with Crippen molar-refractivity contribution in [2.45, 2.75) is 0 Å². The fraction of sp³-hybridized carbons (Fsp3) is 0. The van der Waals surface area contributed by atoms with Crippen LogP contribution in [-0.4, -0.2) is 22.1 Å². The van der Waals surface area contributed by atoms with Gasteiger partial charge in [-0.25, -0.2) is 4.79 Å². The quantitative estimate of drug-likeness (QED) is 0.544. The molecule has 0 aliphatic rings. The van der Waals surface area contributed by atoms with Gasteiger partial charge in [0.2, 0.25) is 0 Å². The zero-order chi connectivity index (χ0) is 16.4. The van der Waals surface area contributed by atoms with Crippen molar-refractivity contribution in [3.05, 3.63) is 54.9 Å². The van der Waals surface area contributed by atoms with Gasteiger partial charge in [0.25, 0.3) is 5.91 Å². The summed E-state index contributed by atoms with van der Waals surface area (Å²) in [6, 6.07) is 8.63. The number of carboxylic acids is 1. The molecule has 0 aliphatic heterocycles. The normalized spacial score (nSPS) is 10.3. The summed E-state index contributed by atoms with van der Waals surface area (Å²) in [6.45, 7) is 0. The molecule has 0 heterocycles. The van der Waals surface area contributed by atoms with Crippen molar-refractivity contribution in [2.75, 3.05) is 5.32 Å². The van der Waals surface area contributed by atoms with E-state index < -0.39 is 23.2 Å². The van der Waals surface area contributed by atoms with Gasteiger partial charge in [0.05, 0.1) is 10.0 Å². The van der Waals surface area contributed by atoms with Gasteiger partial charge in [-0.05, 0) is 59.9 Å². The highest BCUT2D eigenvalue weighted by molar-refractivity contribution is 9.14. The Morgan fingerprint density at radius 2 is 1.45 bits per heavy atom. The smallest absolute Gasteiger partial charge is 0.340 e. The van der Waals surface area contributed by atoms with Gasteiger partial charge in [-0.3, -0.25) is 4.79 Å². The lowest BCUT2D eigenvalue weighted by molar-refractivity contribution is 0.0692. The van der Waals surface area contributed by atoms with Crippen LogP contribution in [-0.2, 0) is 0 Å². The summed E-state index contributed by atoms with van der Waals surface area (Å²) >= 11 is 9.46. The first kappa shape index (κ1) is 17.0. The molecule has 0 aromatic heterocycles. The Kier molecular flexibility index (Phi) is 5.25. The topological polar surface area (TPSA) is 86.6 Å². The molecule has 0 saturated heterocycles. The summed E-state index contributed by atoms with van der Waals surface area (Å²) in [5.41, 5.74) is -0.0423. The fourth-order valence-electron chi connectivity index (χ4n) is 1.77. The SMILES string of the molecule is O=C(O)c1c(O)c(C(=O)Nc2ccccc2)c(Br)c(Br)c1Br. The molecule has 0 spiro atoms. The highest BCUT2D eigenvalue weighted by Crippen LogP contribution is 2.43. The van der Waals surface area contributed by atoms with Gasteiger partial charge in [0, 0.05) is 14.6 Å². The molecule has 3 N–H and O–H groups in total. The second-order valence-corrected chi connectivity index (χ2v) is 6.54. The molecular weight excluding hydrogens is 486 g/mol. The number of para-hydroxylation sites is 1. The Labute approximate surface area is 150 Å². The number of benzene rings is 2. The van der Waals surface area contributed by atoms with E-state index in [0.717, 1.165) is 0 Å². The van der Waals surface area contributed by atoms with Crippen LogP contribution >= 0.6 is 47.8 Å². The number of nitrogens with one attached hydrogen (secondary N) is 1. The second kappa shape index (κ2) is 6.80. The molecule has 0 radical (unpaired) electrons. The number of phenols is 1. The van der Waals surface area contributed by atoms with Gasteiger partial charge >= 0.3 is 5.97 Å². The molecule has 1 amide bonds. The number of anilines is 1. The zero-order valence-corrected chi connectivity index (χ0v) is 15.5. The summed E-state index contributed by atoms with van der Waals surface area (Å²) in [5.74, 6) is -2.61. The molecule has 2 aromatic carbocycles. The van der Waals surface area contributed by atoms with Crippen LogP contribution in [0.1, 0.15) is 20.7 Å². The van der Waals surface area contributed by atoms with Crippen molar-refractivity contribution in [1.29, 1.82) is 0 Å². The van der Waals surface area contributed by atoms with E-state index in [1.165, 1.54) is 0 Å². The van der Waals surface area contributed by atoms with E-state index in [2.05, 4.69) is 53.1 Å². The van der Waals surface area contributed by atoms with Gasteiger partial charge in [-0.1, -0.05) is 18.2 Å². The Balaban J connectivity index is 2.55. The summed E-state index contributed by atoms with van der Waals surface area (Å²) in [6.07, 6.45) is 0. The zero-order valence-electron chi connectivity index (χ0n) is 10.7. The Hall–Kier alpha value is -1.38. The number of rotatable bonds is 3. The summed E-state index contributed by atoms with van der Waals surface area (Å²) in [4.78, 5) is 23.6. The fourth-order valence-corrected chi connectivity index (χ4v) is 3.55. The summed E-state index contributed by atoms with van der Waals surface area (Å²) in [7, 11) is 0. The standard InChI is InChI=1S/C14H8Br3NO4/c15-9-7(13(20)18-6-4-2-1-3-5-6)12(19)8(14(21)22)10(16)11(9)17/h1-5,19H,(H,18,20)(H,21,22). The van der Waals surface area contributed by atoms with E-state index in [1.54, 1.807) is 30.3 Å². The van der Waals surface area contributed by atoms with E-state index in [1.807, 2.05) is 0 Å². The lowest BCUT2D eigenvalue weighted by atomic mass is 10.1. The molecular formula is C14H8Br3NO4. The molecule has 0 saturated carbocycles. The monoisotopic (exact) mass is 491 g/mol. The van der Waals surface area contributed by atoms with Gasteiger partial charge < -0.3 is 15.5 Å². The molecule has 0 bridgehead atoms. The average molecular weight is 494 g/mol. The van der Waals surface area contributed by atoms with Crippen molar-refractivity contribution < 1.29 is 19.8 Å². The lowest BCUT2D eigenvalue weighted by Gasteiger charge is -2.14. The van der Waals surface area contributed by atoms with Crippen LogP contribution in [0.4, 0.5) is 5.69 Å². The number of hydrogen-bond donors (Lipinski definition) is 3. The number of halogens is 3. The summed E-state index contributed by atoms with van der Waals surface area (Å²) in [5, 5.41) is 22.0. The van der Waals surface area contributed by atoms with E-state index >= 15 is 0 Å². The van der Waals surface area contributed by atoms with Crippen LogP contribution in [0.5, 0.6) is 5.75 Å². The van der Waals surface area contributed by atoms with E-state index in [9.17, 15) is 19.8 Å². The van der Waals surface area contributed by atoms with Crippen molar-refractivity contribution in [1.82, 2.24) is 0 Å². The Morgan fingerprint density at radius 3 is 2.00 bits per heavy atom. The van der Waals surface area contributed by atoms with Crippen LogP contribution in [0.3, 0.4) is 0 Å². The highest BCUT2D eigenvalue weighted by Gasteiger charge is 2.28.